The maximum atomic E-state index is 12.5. The zero-order valence-electron chi connectivity index (χ0n) is 15.9. The number of carbonyl (C=O) groups is 1. The van der Waals surface area contributed by atoms with Gasteiger partial charge in [-0.3, -0.25) is 4.79 Å². The van der Waals surface area contributed by atoms with Crippen molar-refractivity contribution in [2.75, 3.05) is 10.6 Å². The Hall–Kier alpha value is -3.12. The van der Waals surface area contributed by atoms with Gasteiger partial charge in [-0.25, -0.2) is 0 Å². The molecule has 0 unspecified atom stereocenters. The molecule has 0 radical (unpaired) electrons. The molecule has 6 heteroatoms. The van der Waals surface area contributed by atoms with Crippen molar-refractivity contribution in [3.05, 3.63) is 71.3 Å². The molecule has 2 aromatic heterocycles. The summed E-state index contributed by atoms with van der Waals surface area (Å²) in [6, 6.07) is 17.2. The average Bonchev–Trinajstić information content (AvgIpc) is 3.31. The Balaban J connectivity index is 1.42. The van der Waals surface area contributed by atoms with Crippen LogP contribution in [0.25, 0.3) is 10.1 Å². The van der Waals surface area contributed by atoms with Gasteiger partial charge in [-0.15, -0.1) is 11.3 Å². The number of nitrogens with zero attached hydrogens (tertiary/aromatic N) is 1. The van der Waals surface area contributed by atoms with E-state index in [2.05, 4.69) is 36.6 Å². The van der Waals surface area contributed by atoms with Gasteiger partial charge in [0.1, 0.15) is 5.76 Å². The largest absolute Gasteiger partial charge is 0.359 e. The molecular weight excluding hydrogens is 370 g/mol. The van der Waals surface area contributed by atoms with Gasteiger partial charge in [0, 0.05) is 33.1 Å². The molecule has 0 atom stereocenters. The fourth-order valence-corrected chi connectivity index (χ4v) is 3.55. The third kappa shape index (κ3) is 3.92. The van der Waals surface area contributed by atoms with E-state index in [1.54, 1.807) is 11.3 Å². The predicted octanol–water partition coefficient (Wildman–Crippen LogP) is 6.18. The van der Waals surface area contributed by atoms with Gasteiger partial charge in [-0.05, 0) is 59.3 Å². The van der Waals surface area contributed by atoms with Gasteiger partial charge in [0.2, 0.25) is 0 Å². The number of hydrogen-bond acceptors (Lipinski definition) is 5. The third-order valence-corrected chi connectivity index (χ3v) is 5.28. The number of amides is 1. The highest BCUT2D eigenvalue weighted by atomic mass is 32.1. The number of nitrogens with one attached hydrogen (secondary N) is 2. The molecule has 0 saturated carbocycles. The van der Waals surface area contributed by atoms with Crippen LogP contribution < -0.4 is 10.6 Å². The highest BCUT2D eigenvalue weighted by Crippen LogP contribution is 2.26. The summed E-state index contributed by atoms with van der Waals surface area (Å²) >= 11 is 1.67. The molecule has 0 bridgehead atoms. The van der Waals surface area contributed by atoms with Crippen LogP contribution in [0, 0.1) is 0 Å². The molecule has 0 aliphatic rings. The van der Waals surface area contributed by atoms with Crippen molar-refractivity contribution < 1.29 is 9.32 Å². The maximum absolute atomic E-state index is 12.5. The van der Waals surface area contributed by atoms with Gasteiger partial charge in [0.25, 0.3) is 5.91 Å². The summed E-state index contributed by atoms with van der Waals surface area (Å²) in [7, 11) is 0. The van der Waals surface area contributed by atoms with Crippen molar-refractivity contribution in [2.24, 2.45) is 0 Å². The summed E-state index contributed by atoms with van der Waals surface area (Å²) in [6.07, 6.45) is 0. The Labute approximate surface area is 167 Å². The average molecular weight is 391 g/mol. The number of fused-ring (bicyclic) bond motifs is 1. The van der Waals surface area contributed by atoms with Gasteiger partial charge in [-0.1, -0.05) is 25.9 Å². The first-order valence-electron chi connectivity index (χ1n) is 9.01. The standard InChI is InChI=1S/C22H21N3O2S/c1-22(2,3)19-13-20(25-27-19)23-16-5-7-17(8-6-16)24-21(26)15-4-9-18-14(12-15)10-11-28-18/h4-13H,1-3H3,(H,23,25)(H,24,26). The van der Waals surface area contributed by atoms with E-state index in [1.165, 1.54) is 4.70 Å². The van der Waals surface area contributed by atoms with Crippen LogP contribution in [0.4, 0.5) is 17.2 Å². The van der Waals surface area contributed by atoms with Gasteiger partial charge in [0.15, 0.2) is 5.82 Å². The number of aromatic nitrogens is 1. The lowest BCUT2D eigenvalue weighted by Gasteiger charge is -2.12. The highest BCUT2D eigenvalue weighted by Gasteiger charge is 2.19. The molecule has 0 spiro atoms. The van der Waals surface area contributed by atoms with Crippen LogP contribution in [-0.4, -0.2) is 11.1 Å². The minimum Gasteiger partial charge on any atom is -0.359 e. The van der Waals surface area contributed by atoms with Crippen molar-refractivity contribution in [1.29, 1.82) is 0 Å². The van der Waals surface area contributed by atoms with Crippen LogP contribution in [-0.2, 0) is 5.41 Å². The molecule has 1 amide bonds. The van der Waals surface area contributed by atoms with Gasteiger partial charge >= 0.3 is 0 Å². The van der Waals surface area contributed by atoms with Crippen molar-refractivity contribution >= 4 is 44.5 Å². The summed E-state index contributed by atoms with van der Waals surface area (Å²) in [5.74, 6) is 1.35. The van der Waals surface area contributed by atoms with E-state index in [-0.39, 0.29) is 11.3 Å². The van der Waals surface area contributed by atoms with Gasteiger partial charge in [-0.2, -0.15) is 0 Å². The molecule has 5 nitrogen and oxygen atoms in total. The van der Waals surface area contributed by atoms with Gasteiger partial charge in [0.05, 0.1) is 0 Å². The molecule has 4 rings (SSSR count). The molecule has 142 valence electrons. The fraction of sp³-hybridized carbons (Fsp3) is 0.182. The zero-order valence-corrected chi connectivity index (χ0v) is 16.8. The van der Waals surface area contributed by atoms with Crippen molar-refractivity contribution in [3.63, 3.8) is 0 Å². The molecule has 28 heavy (non-hydrogen) atoms. The summed E-state index contributed by atoms with van der Waals surface area (Å²) in [5, 5.41) is 13.3. The second-order valence-corrected chi connectivity index (χ2v) is 8.60. The molecule has 2 N–H and O–H groups in total. The van der Waals surface area contributed by atoms with Crippen LogP contribution >= 0.6 is 11.3 Å². The third-order valence-electron chi connectivity index (χ3n) is 4.38. The number of rotatable bonds is 4. The molecule has 0 fully saturated rings. The normalized spacial score (nSPS) is 11.5. The van der Waals surface area contributed by atoms with E-state index >= 15 is 0 Å². The number of hydrogen-bond donors (Lipinski definition) is 2. The Morgan fingerprint density at radius 3 is 2.46 bits per heavy atom. The van der Waals surface area contributed by atoms with E-state index in [0.717, 1.165) is 22.5 Å². The molecule has 2 heterocycles. The molecular formula is C22H21N3O2S. The number of carbonyl (C=O) groups excluding carboxylic acids is 1. The zero-order chi connectivity index (χ0) is 19.7. The minimum atomic E-state index is -0.125. The topological polar surface area (TPSA) is 67.2 Å². The minimum absolute atomic E-state index is 0.0902. The Morgan fingerprint density at radius 1 is 1.00 bits per heavy atom. The van der Waals surface area contributed by atoms with E-state index in [0.29, 0.717) is 11.4 Å². The van der Waals surface area contributed by atoms with Crippen molar-refractivity contribution in [2.45, 2.75) is 26.2 Å². The Bertz CT molecular complexity index is 1120. The summed E-state index contributed by atoms with van der Waals surface area (Å²) < 4.78 is 6.56. The van der Waals surface area contributed by atoms with Gasteiger partial charge < -0.3 is 15.2 Å². The molecule has 0 aliphatic carbocycles. The molecule has 4 aromatic rings. The lowest BCUT2D eigenvalue weighted by Crippen LogP contribution is -2.11. The second kappa shape index (κ2) is 7.13. The Kier molecular flexibility index (Phi) is 4.65. The van der Waals surface area contributed by atoms with E-state index in [4.69, 9.17) is 4.52 Å². The first-order chi connectivity index (χ1) is 13.4. The summed E-state index contributed by atoms with van der Waals surface area (Å²) in [6.45, 7) is 6.22. The molecule has 0 aliphatic heterocycles. The number of thiophene rings is 1. The van der Waals surface area contributed by atoms with Crippen LogP contribution in [0.5, 0.6) is 0 Å². The first-order valence-corrected chi connectivity index (χ1v) is 9.89. The number of benzene rings is 2. The van der Waals surface area contributed by atoms with E-state index in [1.807, 2.05) is 60.0 Å². The van der Waals surface area contributed by atoms with Crippen molar-refractivity contribution in [3.8, 4) is 0 Å². The van der Waals surface area contributed by atoms with E-state index in [9.17, 15) is 4.79 Å². The van der Waals surface area contributed by atoms with E-state index < -0.39 is 0 Å². The Morgan fingerprint density at radius 2 is 1.75 bits per heavy atom. The maximum Gasteiger partial charge on any atom is 0.255 e. The summed E-state index contributed by atoms with van der Waals surface area (Å²) in [4.78, 5) is 12.5. The molecule has 0 saturated heterocycles. The smallest absolute Gasteiger partial charge is 0.255 e. The lowest BCUT2D eigenvalue weighted by molar-refractivity contribution is 0.102. The lowest BCUT2D eigenvalue weighted by atomic mass is 9.93. The fourth-order valence-electron chi connectivity index (χ4n) is 2.78. The van der Waals surface area contributed by atoms with Crippen LogP contribution in [0.3, 0.4) is 0 Å². The quantitative estimate of drug-likeness (QED) is 0.436. The van der Waals surface area contributed by atoms with Crippen LogP contribution in [0.2, 0.25) is 0 Å². The predicted molar refractivity (Wildman–Crippen MR) is 115 cm³/mol. The summed E-state index contributed by atoms with van der Waals surface area (Å²) in [5.41, 5.74) is 2.15. The second-order valence-electron chi connectivity index (χ2n) is 7.66. The highest BCUT2D eigenvalue weighted by molar-refractivity contribution is 7.17. The SMILES string of the molecule is CC(C)(C)c1cc(Nc2ccc(NC(=O)c3ccc4sccc4c3)cc2)no1. The monoisotopic (exact) mass is 391 g/mol. The van der Waals surface area contributed by atoms with Crippen LogP contribution in [0.1, 0.15) is 36.9 Å². The number of anilines is 3. The molecule has 2 aromatic carbocycles. The first kappa shape index (κ1) is 18.3. The van der Waals surface area contributed by atoms with Crippen molar-refractivity contribution in [1.82, 2.24) is 5.16 Å². The van der Waals surface area contributed by atoms with Crippen LogP contribution in [0.15, 0.2) is 64.5 Å².